The van der Waals surface area contributed by atoms with E-state index in [2.05, 4.69) is 16.0 Å². The molecule has 1 aromatic rings. The van der Waals surface area contributed by atoms with E-state index in [-0.39, 0.29) is 24.5 Å². The lowest BCUT2D eigenvalue weighted by molar-refractivity contribution is -0.155. The molecule has 1 aliphatic rings. The number of nitrogens with zero attached hydrogens (tertiary/aromatic N) is 4. The lowest BCUT2D eigenvalue weighted by atomic mass is 9.81. The Bertz CT molecular complexity index is 880. The van der Waals surface area contributed by atoms with Crippen molar-refractivity contribution in [1.82, 2.24) is 9.88 Å². The minimum Gasteiger partial charge on any atom is -0.460 e. The molecule has 2 rings (SSSR count). The number of hydrogen-bond donors (Lipinski definition) is 0. The number of piperazine rings is 1. The molecule has 0 N–H and O–H groups in total. The molecule has 1 aliphatic heterocycles. The Kier molecular flexibility index (Phi) is 8.00. The standard InChI is InChI=1S/C25H38N4O4/c1-18-16-28(22(31)33-24(5,6)7)13-14-29(18)20-10-9-19(15-27-20)25(8,17-26)12-11-21(30)32-23(2,3)4/h9-10,15,18H,11-14,16H2,1-8H3/t18-,25?/m0/s1. The molecule has 8 heteroatoms. The molecule has 0 aromatic carbocycles. The Morgan fingerprint density at radius 2 is 1.73 bits per heavy atom. The maximum Gasteiger partial charge on any atom is 0.410 e. The number of carbonyl (C=O) groups is 2. The molecule has 33 heavy (non-hydrogen) atoms. The number of nitriles is 1. The molecular weight excluding hydrogens is 420 g/mol. The number of aromatic nitrogens is 1. The van der Waals surface area contributed by atoms with E-state index < -0.39 is 16.6 Å². The normalized spacial score (nSPS) is 18.8. The quantitative estimate of drug-likeness (QED) is 0.602. The summed E-state index contributed by atoms with van der Waals surface area (Å²) in [6, 6.07) is 6.20. The Hall–Kier alpha value is -2.82. The molecule has 8 nitrogen and oxygen atoms in total. The Morgan fingerprint density at radius 1 is 1.09 bits per heavy atom. The van der Waals surface area contributed by atoms with Crippen LogP contribution in [0.3, 0.4) is 0 Å². The van der Waals surface area contributed by atoms with E-state index >= 15 is 0 Å². The van der Waals surface area contributed by atoms with Gasteiger partial charge in [-0.15, -0.1) is 0 Å². The van der Waals surface area contributed by atoms with Gasteiger partial charge in [-0.05, 0) is 73.4 Å². The van der Waals surface area contributed by atoms with Gasteiger partial charge in [0.05, 0.1) is 11.5 Å². The highest BCUT2D eigenvalue weighted by molar-refractivity contribution is 5.70. The molecule has 1 saturated heterocycles. The highest BCUT2D eigenvalue weighted by Gasteiger charge is 2.32. The number of hydrogen-bond acceptors (Lipinski definition) is 7. The van der Waals surface area contributed by atoms with Gasteiger partial charge in [-0.2, -0.15) is 5.26 Å². The lowest BCUT2D eigenvalue weighted by Crippen LogP contribution is -2.54. The van der Waals surface area contributed by atoms with Crippen LogP contribution in [0.4, 0.5) is 10.6 Å². The number of amides is 1. The van der Waals surface area contributed by atoms with Crippen LogP contribution in [0.15, 0.2) is 18.3 Å². The predicted octanol–water partition coefficient (Wildman–Crippen LogP) is 4.43. The molecule has 0 spiro atoms. The minimum atomic E-state index is -0.844. The zero-order chi connectivity index (χ0) is 25.0. The van der Waals surface area contributed by atoms with Crippen LogP contribution in [0, 0.1) is 11.3 Å². The van der Waals surface area contributed by atoms with Crippen molar-refractivity contribution in [2.24, 2.45) is 0 Å². The molecule has 182 valence electrons. The number of rotatable bonds is 5. The summed E-state index contributed by atoms with van der Waals surface area (Å²) in [6.07, 6.45) is 1.92. The lowest BCUT2D eigenvalue weighted by Gasteiger charge is -2.40. The first-order valence-electron chi connectivity index (χ1n) is 11.5. The summed E-state index contributed by atoms with van der Waals surface area (Å²) >= 11 is 0. The maximum absolute atomic E-state index is 12.4. The molecule has 0 bridgehead atoms. The van der Waals surface area contributed by atoms with Gasteiger partial charge in [0, 0.05) is 38.3 Å². The van der Waals surface area contributed by atoms with Crippen molar-refractivity contribution in [3.8, 4) is 6.07 Å². The second-order valence-electron chi connectivity index (χ2n) is 10.9. The monoisotopic (exact) mass is 458 g/mol. The molecule has 1 fully saturated rings. The van der Waals surface area contributed by atoms with Crippen LogP contribution in [0.1, 0.15) is 73.8 Å². The van der Waals surface area contributed by atoms with Gasteiger partial charge in [-0.1, -0.05) is 6.07 Å². The van der Waals surface area contributed by atoms with Gasteiger partial charge in [-0.3, -0.25) is 4.79 Å². The highest BCUT2D eigenvalue weighted by atomic mass is 16.6. The molecule has 0 saturated carbocycles. The Balaban J connectivity index is 2.03. The van der Waals surface area contributed by atoms with Crippen molar-refractivity contribution in [3.63, 3.8) is 0 Å². The van der Waals surface area contributed by atoms with Gasteiger partial charge in [-0.25, -0.2) is 9.78 Å². The summed E-state index contributed by atoms with van der Waals surface area (Å²) in [4.78, 5) is 33.0. The molecule has 1 unspecified atom stereocenters. The molecule has 2 heterocycles. The van der Waals surface area contributed by atoms with Crippen molar-refractivity contribution in [1.29, 1.82) is 5.26 Å². The van der Waals surface area contributed by atoms with Crippen LogP contribution < -0.4 is 4.90 Å². The molecule has 0 radical (unpaired) electrons. The third-order valence-corrected chi connectivity index (χ3v) is 5.45. The Morgan fingerprint density at radius 3 is 2.21 bits per heavy atom. The third-order valence-electron chi connectivity index (χ3n) is 5.45. The van der Waals surface area contributed by atoms with Crippen molar-refractivity contribution in [3.05, 3.63) is 23.9 Å². The van der Waals surface area contributed by atoms with Gasteiger partial charge in [0.15, 0.2) is 0 Å². The molecule has 2 atom stereocenters. The fourth-order valence-corrected chi connectivity index (χ4v) is 3.68. The van der Waals surface area contributed by atoms with Gasteiger partial charge < -0.3 is 19.3 Å². The number of pyridine rings is 1. The maximum atomic E-state index is 12.4. The first-order chi connectivity index (χ1) is 15.1. The highest BCUT2D eigenvalue weighted by Crippen LogP contribution is 2.30. The van der Waals surface area contributed by atoms with E-state index in [0.717, 1.165) is 11.4 Å². The number of esters is 1. The fraction of sp³-hybridized carbons (Fsp3) is 0.680. The third kappa shape index (κ3) is 7.62. The molecule has 1 aromatic heterocycles. The summed E-state index contributed by atoms with van der Waals surface area (Å²) in [7, 11) is 0. The van der Waals surface area contributed by atoms with Crippen LogP contribution in [-0.4, -0.2) is 58.8 Å². The van der Waals surface area contributed by atoms with Crippen molar-refractivity contribution in [2.45, 2.75) is 90.9 Å². The zero-order valence-electron chi connectivity index (χ0n) is 21.3. The molecule has 1 amide bonds. The van der Waals surface area contributed by atoms with E-state index in [4.69, 9.17) is 9.47 Å². The molecule has 0 aliphatic carbocycles. The Labute approximate surface area is 197 Å². The van der Waals surface area contributed by atoms with Crippen LogP contribution in [0.25, 0.3) is 0 Å². The van der Waals surface area contributed by atoms with Crippen LogP contribution >= 0.6 is 0 Å². The smallest absolute Gasteiger partial charge is 0.410 e. The van der Waals surface area contributed by atoms with Gasteiger partial charge >= 0.3 is 12.1 Å². The number of ether oxygens (including phenoxy) is 2. The summed E-state index contributed by atoms with van der Waals surface area (Å²) in [5.74, 6) is 0.479. The van der Waals surface area contributed by atoms with E-state index in [1.165, 1.54) is 0 Å². The summed E-state index contributed by atoms with van der Waals surface area (Å²) < 4.78 is 10.9. The van der Waals surface area contributed by atoms with Gasteiger partial charge in [0.2, 0.25) is 0 Å². The average molecular weight is 459 g/mol. The second-order valence-corrected chi connectivity index (χ2v) is 10.9. The van der Waals surface area contributed by atoms with Crippen molar-refractivity contribution < 1.29 is 19.1 Å². The minimum absolute atomic E-state index is 0.0686. The van der Waals surface area contributed by atoms with E-state index in [9.17, 15) is 14.9 Å². The average Bonchev–Trinajstić information content (AvgIpc) is 2.69. The summed E-state index contributed by atoms with van der Waals surface area (Å²) in [5.41, 5.74) is -1.15. The SMILES string of the molecule is C[C@H]1CN(C(=O)OC(C)(C)C)CCN1c1ccc(C(C)(C#N)CCC(=O)OC(C)(C)C)cn1. The van der Waals surface area contributed by atoms with E-state index in [0.29, 0.717) is 26.1 Å². The predicted molar refractivity (Wildman–Crippen MR) is 127 cm³/mol. The van der Waals surface area contributed by atoms with Crippen LogP contribution in [-0.2, 0) is 19.7 Å². The van der Waals surface area contributed by atoms with Crippen molar-refractivity contribution in [2.75, 3.05) is 24.5 Å². The van der Waals surface area contributed by atoms with E-state index in [1.54, 1.807) is 11.1 Å². The van der Waals surface area contributed by atoms with Crippen LogP contribution in [0.5, 0.6) is 0 Å². The number of carbonyl (C=O) groups excluding carboxylic acids is 2. The zero-order valence-corrected chi connectivity index (χ0v) is 21.3. The van der Waals surface area contributed by atoms with Gasteiger partial charge in [0.1, 0.15) is 17.0 Å². The molecular formula is C25H38N4O4. The topological polar surface area (TPSA) is 95.8 Å². The first kappa shape index (κ1) is 26.4. The first-order valence-corrected chi connectivity index (χ1v) is 11.5. The summed E-state index contributed by atoms with van der Waals surface area (Å²) in [6.45, 7) is 16.7. The largest absolute Gasteiger partial charge is 0.460 e. The number of anilines is 1. The van der Waals surface area contributed by atoms with Crippen LogP contribution in [0.2, 0.25) is 0 Å². The van der Waals surface area contributed by atoms with E-state index in [1.807, 2.05) is 67.5 Å². The summed E-state index contributed by atoms with van der Waals surface area (Å²) in [5, 5.41) is 9.82. The van der Waals surface area contributed by atoms with Gasteiger partial charge in [0.25, 0.3) is 0 Å². The van der Waals surface area contributed by atoms with Crippen molar-refractivity contribution >= 4 is 17.9 Å². The second kappa shape index (κ2) is 9.98. The fourth-order valence-electron chi connectivity index (χ4n) is 3.68.